The monoisotopic (exact) mass is 348 g/mol. The fraction of sp³-hybridized carbons (Fsp3) is 0.579. The average Bonchev–Trinajstić information content (AvgIpc) is 2.57. The average molecular weight is 348 g/mol. The van der Waals surface area contributed by atoms with E-state index in [-0.39, 0.29) is 17.2 Å². The van der Waals surface area contributed by atoms with Gasteiger partial charge in [-0.3, -0.25) is 9.59 Å². The van der Waals surface area contributed by atoms with E-state index >= 15 is 0 Å². The lowest BCUT2D eigenvalue weighted by Crippen LogP contribution is -2.45. The maximum absolute atomic E-state index is 12.1. The molecule has 1 rings (SSSR count). The topological polar surface area (TPSA) is 87.5 Å². The molecule has 25 heavy (non-hydrogen) atoms. The smallest absolute Gasteiger partial charge is 0.251 e. The van der Waals surface area contributed by atoms with Crippen molar-refractivity contribution in [3.8, 4) is 0 Å². The largest absolute Gasteiger partial charge is 0.351 e. The molecular formula is C19H32N4O2. The van der Waals surface area contributed by atoms with E-state index in [9.17, 15) is 9.59 Å². The number of nitrogens with one attached hydrogen (secondary N) is 2. The molecule has 0 radical (unpaired) electrons. The third-order valence-corrected chi connectivity index (χ3v) is 4.24. The third-order valence-electron chi connectivity index (χ3n) is 4.24. The summed E-state index contributed by atoms with van der Waals surface area (Å²) in [5.41, 5.74) is 6.83. The number of nitrogens with two attached hydrogens (primary N) is 1. The molecule has 0 fully saturated rings. The van der Waals surface area contributed by atoms with Crippen molar-refractivity contribution in [3.05, 3.63) is 29.8 Å². The number of hydrogen-bond acceptors (Lipinski definition) is 4. The van der Waals surface area contributed by atoms with Crippen molar-refractivity contribution in [1.29, 1.82) is 0 Å². The molecular weight excluding hydrogens is 316 g/mol. The van der Waals surface area contributed by atoms with Crippen molar-refractivity contribution in [3.63, 3.8) is 0 Å². The van der Waals surface area contributed by atoms with Crippen molar-refractivity contribution in [1.82, 2.24) is 10.2 Å². The van der Waals surface area contributed by atoms with Crippen LogP contribution in [-0.2, 0) is 4.79 Å². The summed E-state index contributed by atoms with van der Waals surface area (Å²) in [5, 5.41) is 5.69. The van der Waals surface area contributed by atoms with Crippen LogP contribution in [-0.4, -0.2) is 48.9 Å². The summed E-state index contributed by atoms with van der Waals surface area (Å²) >= 11 is 0. The molecule has 0 aromatic heterocycles. The zero-order chi connectivity index (χ0) is 19.0. The first-order valence-corrected chi connectivity index (χ1v) is 8.86. The van der Waals surface area contributed by atoms with Gasteiger partial charge < -0.3 is 21.3 Å². The molecule has 0 aliphatic heterocycles. The Morgan fingerprint density at radius 1 is 1.12 bits per heavy atom. The molecule has 140 valence electrons. The Kier molecular flexibility index (Phi) is 8.06. The van der Waals surface area contributed by atoms with Gasteiger partial charge in [-0.25, -0.2) is 0 Å². The molecule has 2 amide bonds. The molecule has 0 spiro atoms. The zero-order valence-electron chi connectivity index (χ0n) is 16.1. The lowest BCUT2D eigenvalue weighted by molar-refractivity contribution is -0.119. The summed E-state index contributed by atoms with van der Waals surface area (Å²) < 4.78 is 0. The molecule has 0 saturated heterocycles. The molecule has 4 N–H and O–H groups in total. The van der Waals surface area contributed by atoms with Crippen LogP contribution in [0.3, 0.4) is 0 Å². The predicted octanol–water partition coefficient (Wildman–Crippen LogP) is 2.07. The van der Waals surface area contributed by atoms with E-state index in [1.807, 2.05) is 20.8 Å². The van der Waals surface area contributed by atoms with Gasteiger partial charge in [-0.2, -0.15) is 0 Å². The normalized spacial score (nSPS) is 12.8. The molecule has 6 nitrogen and oxygen atoms in total. The number of anilines is 1. The van der Waals surface area contributed by atoms with Crippen LogP contribution >= 0.6 is 0 Å². The van der Waals surface area contributed by atoms with Gasteiger partial charge in [-0.15, -0.1) is 0 Å². The maximum atomic E-state index is 12.1. The van der Waals surface area contributed by atoms with Crippen LogP contribution in [0.4, 0.5) is 5.69 Å². The number of hydrogen-bond donors (Lipinski definition) is 3. The number of amides is 2. The summed E-state index contributed by atoms with van der Waals surface area (Å²) in [6.45, 7) is 13.3. The highest BCUT2D eigenvalue weighted by Gasteiger charge is 2.27. The number of likely N-dealkylation sites (N-methyl/N-ethyl adjacent to an activating group) is 1. The van der Waals surface area contributed by atoms with Crippen LogP contribution in [0, 0.1) is 5.41 Å². The summed E-state index contributed by atoms with van der Waals surface area (Å²) in [6, 6.07) is 6.23. The Morgan fingerprint density at radius 3 is 2.16 bits per heavy atom. The lowest BCUT2D eigenvalue weighted by atomic mass is 9.87. The van der Waals surface area contributed by atoms with Gasteiger partial charge in [0.15, 0.2) is 0 Å². The van der Waals surface area contributed by atoms with Crippen LogP contribution in [0.1, 0.15) is 45.0 Å². The molecule has 0 aliphatic carbocycles. The zero-order valence-corrected chi connectivity index (χ0v) is 16.1. The van der Waals surface area contributed by atoms with Gasteiger partial charge in [0.2, 0.25) is 5.91 Å². The minimum absolute atomic E-state index is 0.114. The number of rotatable bonds is 8. The second-order valence-electron chi connectivity index (χ2n) is 7.19. The van der Waals surface area contributed by atoms with Gasteiger partial charge in [0.1, 0.15) is 0 Å². The Labute approximate surface area is 151 Å². The number of carbonyl (C=O) groups is 2. The molecule has 1 aromatic rings. The predicted molar refractivity (Wildman–Crippen MR) is 103 cm³/mol. The summed E-state index contributed by atoms with van der Waals surface area (Å²) in [6.07, 6.45) is 0. The maximum Gasteiger partial charge on any atom is 0.251 e. The van der Waals surface area contributed by atoms with Crippen LogP contribution in [0.2, 0.25) is 0 Å². The van der Waals surface area contributed by atoms with Crippen LogP contribution in [0.25, 0.3) is 0 Å². The molecule has 1 atom stereocenters. The van der Waals surface area contributed by atoms with Gasteiger partial charge in [0.05, 0.1) is 6.04 Å². The van der Waals surface area contributed by atoms with E-state index in [4.69, 9.17) is 5.73 Å². The Balaban J connectivity index is 2.55. The van der Waals surface area contributed by atoms with E-state index < -0.39 is 6.04 Å². The van der Waals surface area contributed by atoms with Gasteiger partial charge in [-0.1, -0.05) is 34.6 Å². The Bertz CT molecular complexity index is 560. The van der Waals surface area contributed by atoms with Crippen LogP contribution < -0.4 is 16.4 Å². The molecule has 0 bridgehead atoms. The van der Waals surface area contributed by atoms with Crippen molar-refractivity contribution in [2.45, 2.75) is 40.7 Å². The lowest BCUT2D eigenvalue weighted by Gasteiger charge is -2.25. The molecule has 0 saturated carbocycles. The SMILES string of the molecule is CCN(CC)CCNC(=O)c1ccc(NC(=O)[C@@H](N)C(C)(C)C)cc1. The first-order valence-electron chi connectivity index (χ1n) is 8.86. The second-order valence-corrected chi connectivity index (χ2v) is 7.19. The van der Waals surface area contributed by atoms with Crippen molar-refractivity contribution >= 4 is 17.5 Å². The minimum atomic E-state index is -0.601. The molecule has 6 heteroatoms. The van der Waals surface area contributed by atoms with E-state index in [1.54, 1.807) is 24.3 Å². The third kappa shape index (κ3) is 6.84. The molecule has 1 aromatic carbocycles. The summed E-state index contributed by atoms with van der Waals surface area (Å²) in [7, 11) is 0. The standard InChI is InChI=1S/C19H32N4O2/c1-6-23(7-2)13-12-21-17(24)14-8-10-15(11-9-14)22-18(25)16(20)19(3,4)5/h8-11,16H,6-7,12-13,20H2,1-5H3,(H,21,24)(H,22,25)/t16-/m1/s1. The first kappa shape index (κ1) is 21.1. The van der Waals surface area contributed by atoms with Crippen molar-refractivity contribution in [2.24, 2.45) is 11.1 Å². The van der Waals surface area contributed by atoms with Crippen LogP contribution in [0.5, 0.6) is 0 Å². The highest BCUT2D eigenvalue weighted by molar-refractivity contribution is 5.97. The number of nitrogens with zero attached hydrogens (tertiary/aromatic N) is 1. The highest BCUT2D eigenvalue weighted by atomic mass is 16.2. The summed E-state index contributed by atoms with van der Waals surface area (Å²) in [4.78, 5) is 26.5. The number of benzene rings is 1. The van der Waals surface area contributed by atoms with E-state index in [0.717, 1.165) is 19.6 Å². The van der Waals surface area contributed by atoms with Gasteiger partial charge in [0, 0.05) is 24.3 Å². The van der Waals surface area contributed by atoms with E-state index in [1.165, 1.54) is 0 Å². The van der Waals surface area contributed by atoms with Gasteiger partial charge >= 0.3 is 0 Å². The molecule has 0 aliphatic rings. The fourth-order valence-electron chi connectivity index (χ4n) is 2.29. The summed E-state index contributed by atoms with van der Waals surface area (Å²) in [5.74, 6) is -0.347. The van der Waals surface area contributed by atoms with Gasteiger partial charge in [0.25, 0.3) is 5.91 Å². The van der Waals surface area contributed by atoms with E-state index in [0.29, 0.717) is 17.8 Å². The second kappa shape index (κ2) is 9.53. The highest BCUT2D eigenvalue weighted by Crippen LogP contribution is 2.19. The van der Waals surface area contributed by atoms with Crippen LogP contribution in [0.15, 0.2) is 24.3 Å². The minimum Gasteiger partial charge on any atom is -0.351 e. The number of carbonyl (C=O) groups excluding carboxylic acids is 2. The molecule has 0 heterocycles. The fourth-order valence-corrected chi connectivity index (χ4v) is 2.29. The van der Waals surface area contributed by atoms with E-state index in [2.05, 4.69) is 29.4 Å². The quantitative estimate of drug-likeness (QED) is 0.671. The van der Waals surface area contributed by atoms with Crippen molar-refractivity contribution in [2.75, 3.05) is 31.5 Å². The first-order chi connectivity index (χ1) is 11.7. The Morgan fingerprint density at radius 2 is 1.68 bits per heavy atom. The van der Waals surface area contributed by atoms with Gasteiger partial charge in [-0.05, 0) is 42.8 Å². The molecule has 0 unspecified atom stereocenters. The van der Waals surface area contributed by atoms with Crippen molar-refractivity contribution < 1.29 is 9.59 Å². The Hall–Kier alpha value is -1.92.